The molecule has 0 N–H and O–H groups in total. The number of amides is 2. The molecule has 1 heterocycles. The third kappa shape index (κ3) is 13.4. The van der Waals surface area contributed by atoms with E-state index in [0.717, 1.165) is 31.5 Å². The highest BCUT2D eigenvalue weighted by molar-refractivity contribution is 5.94. The number of carbonyl (C=O) groups excluding carboxylic acids is 2. The summed E-state index contributed by atoms with van der Waals surface area (Å²) >= 11 is 0. The minimum absolute atomic E-state index is 0.202. The minimum Gasteiger partial charge on any atom is -0.493 e. The maximum absolute atomic E-state index is 12.9. The zero-order valence-electron chi connectivity index (χ0n) is 26.0. The van der Waals surface area contributed by atoms with E-state index in [1.807, 2.05) is 24.4 Å². The van der Waals surface area contributed by atoms with Gasteiger partial charge in [0.25, 0.3) is 5.91 Å². The molecule has 7 nitrogen and oxygen atoms in total. The summed E-state index contributed by atoms with van der Waals surface area (Å²) in [6, 6.07) is 11.1. The first-order chi connectivity index (χ1) is 20.0. The first-order valence-corrected chi connectivity index (χ1v) is 15.7. The van der Waals surface area contributed by atoms with Gasteiger partial charge in [-0.05, 0) is 18.6 Å². The lowest BCUT2D eigenvalue weighted by Crippen LogP contribution is -2.44. The fraction of sp³-hybridized carbons (Fsp3) is 0.618. The van der Waals surface area contributed by atoms with Crippen molar-refractivity contribution in [3.8, 4) is 17.2 Å². The van der Waals surface area contributed by atoms with Gasteiger partial charge >= 0.3 is 0 Å². The van der Waals surface area contributed by atoms with Gasteiger partial charge < -0.3 is 14.2 Å². The Morgan fingerprint density at radius 1 is 0.780 bits per heavy atom. The van der Waals surface area contributed by atoms with Gasteiger partial charge in [0.05, 0.1) is 13.7 Å². The van der Waals surface area contributed by atoms with Gasteiger partial charge in [0.15, 0.2) is 24.3 Å². The van der Waals surface area contributed by atoms with E-state index in [0.29, 0.717) is 23.9 Å². The Morgan fingerprint density at radius 2 is 1.44 bits per heavy atom. The second-order valence-electron chi connectivity index (χ2n) is 10.7. The average Bonchev–Trinajstić information content (AvgIpc) is 2.98. The third-order valence-corrected chi connectivity index (χ3v) is 7.25. The van der Waals surface area contributed by atoms with Gasteiger partial charge in [-0.2, -0.15) is 0 Å². The Labute approximate surface area is 248 Å². The van der Waals surface area contributed by atoms with Crippen molar-refractivity contribution < 1.29 is 28.4 Å². The second kappa shape index (κ2) is 20.7. The highest BCUT2D eigenvalue weighted by Crippen LogP contribution is 2.31. The molecule has 7 heteroatoms. The zero-order chi connectivity index (χ0) is 29.7. The van der Waals surface area contributed by atoms with Crippen LogP contribution in [0.15, 0.2) is 42.6 Å². The van der Waals surface area contributed by atoms with E-state index < -0.39 is 5.91 Å². The van der Waals surface area contributed by atoms with Gasteiger partial charge in [-0.3, -0.25) is 14.5 Å². The highest BCUT2D eigenvalue weighted by Gasteiger charge is 2.23. The first kappa shape index (κ1) is 34.1. The number of hydrogen-bond acceptors (Lipinski definition) is 5. The number of hydrogen-bond donors (Lipinski definition) is 0. The number of unbranched alkanes of at least 4 members (excludes halogenated alkanes) is 11. The molecule has 1 aromatic heterocycles. The lowest BCUT2D eigenvalue weighted by molar-refractivity contribution is -0.704. The molecule has 2 aromatic rings. The molecule has 0 unspecified atom stereocenters. The SMILES string of the molecule is CCCCCCCCCCCCCCOc1ccc(OCC(=O)N(Cc2cccc[n+]2CCC)C(C)=O)cc1OC. The normalized spacial score (nSPS) is 10.8. The molecule has 0 saturated heterocycles. The van der Waals surface area contributed by atoms with Crippen molar-refractivity contribution in [2.24, 2.45) is 0 Å². The molecule has 0 atom stereocenters. The quantitative estimate of drug-likeness (QED) is 0.109. The number of pyridine rings is 1. The van der Waals surface area contributed by atoms with Gasteiger partial charge in [-0.25, -0.2) is 4.57 Å². The summed E-state index contributed by atoms with van der Waals surface area (Å²) < 4.78 is 19.3. The van der Waals surface area contributed by atoms with Crippen LogP contribution < -0.4 is 18.8 Å². The summed E-state index contributed by atoms with van der Waals surface area (Å²) in [5, 5.41) is 0. The summed E-state index contributed by atoms with van der Waals surface area (Å²) in [5.74, 6) is 0.990. The Morgan fingerprint density at radius 3 is 2.05 bits per heavy atom. The Balaban J connectivity index is 1.73. The van der Waals surface area contributed by atoms with E-state index in [9.17, 15) is 9.59 Å². The van der Waals surface area contributed by atoms with Crippen molar-refractivity contribution in [2.75, 3.05) is 20.3 Å². The van der Waals surface area contributed by atoms with Crippen LogP contribution in [0.25, 0.3) is 0 Å². The fourth-order valence-corrected chi connectivity index (χ4v) is 4.86. The molecule has 41 heavy (non-hydrogen) atoms. The molecule has 0 aliphatic carbocycles. The van der Waals surface area contributed by atoms with Crippen LogP contribution in [0.5, 0.6) is 17.2 Å². The number of methoxy groups -OCH3 is 1. The molecule has 0 saturated carbocycles. The van der Waals surface area contributed by atoms with E-state index in [2.05, 4.69) is 18.4 Å². The molecule has 0 aliphatic heterocycles. The van der Waals surface area contributed by atoms with Crippen LogP contribution in [-0.4, -0.2) is 37.0 Å². The number of carbonyl (C=O) groups is 2. The number of aromatic nitrogens is 1. The first-order valence-electron chi connectivity index (χ1n) is 15.7. The number of rotatable bonds is 22. The zero-order valence-corrected chi connectivity index (χ0v) is 26.0. The highest BCUT2D eigenvalue weighted by atomic mass is 16.5. The van der Waals surface area contributed by atoms with E-state index >= 15 is 0 Å². The van der Waals surface area contributed by atoms with Crippen LogP contribution in [0.1, 0.15) is 110 Å². The van der Waals surface area contributed by atoms with Crippen LogP contribution in [0.2, 0.25) is 0 Å². The lowest BCUT2D eigenvalue weighted by Gasteiger charge is -2.19. The van der Waals surface area contributed by atoms with Gasteiger partial charge in [-0.1, -0.05) is 90.5 Å². The summed E-state index contributed by atoms with van der Waals surface area (Å²) in [7, 11) is 1.59. The van der Waals surface area contributed by atoms with E-state index in [1.165, 1.54) is 76.0 Å². The number of aryl methyl sites for hydroxylation is 1. The third-order valence-electron chi connectivity index (χ3n) is 7.25. The van der Waals surface area contributed by atoms with Crippen molar-refractivity contribution in [3.05, 3.63) is 48.3 Å². The Kier molecular flexibility index (Phi) is 17.3. The predicted octanol–water partition coefficient (Wildman–Crippen LogP) is 7.43. The molecular formula is C34H53N2O5+. The maximum Gasteiger partial charge on any atom is 0.267 e. The lowest BCUT2D eigenvalue weighted by atomic mass is 10.1. The van der Waals surface area contributed by atoms with Crippen LogP contribution in [0.3, 0.4) is 0 Å². The topological polar surface area (TPSA) is 69.0 Å². The molecular weight excluding hydrogens is 516 g/mol. The monoisotopic (exact) mass is 569 g/mol. The smallest absolute Gasteiger partial charge is 0.267 e. The van der Waals surface area contributed by atoms with Crippen molar-refractivity contribution in [3.63, 3.8) is 0 Å². The number of imide groups is 1. The van der Waals surface area contributed by atoms with E-state index in [4.69, 9.17) is 14.2 Å². The van der Waals surface area contributed by atoms with Crippen LogP contribution >= 0.6 is 0 Å². The van der Waals surface area contributed by atoms with Crippen molar-refractivity contribution in [2.45, 2.75) is 117 Å². The summed E-state index contributed by atoms with van der Waals surface area (Å²) in [6.07, 6.45) is 18.6. The molecule has 228 valence electrons. The average molecular weight is 570 g/mol. The number of nitrogens with zero attached hydrogens (tertiary/aromatic N) is 2. The maximum atomic E-state index is 12.9. The Hall–Kier alpha value is -3.09. The summed E-state index contributed by atoms with van der Waals surface area (Å²) in [6.45, 7) is 7.17. The van der Waals surface area contributed by atoms with Crippen molar-refractivity contribution in [1.29, 1.82) is 0 Å². The molecule has 2 amide bonds. The molecule has 0 fully saturated rings. The molecule has 0 radical (unpaired) electrons. The second-order valence-corrected chi connectivity index (χ2v) is 10.7. The van der Waals surface area contributed by atoms with Crippen LogP contribution in [-0.2, 0) is 22.7 Å². The summed E-state index contributed by atoms with van der Waals surface area (Å²) in [5.41, 5.74) is 0.897. The number of ether oxygens (including phenoxy) is 3. The largest absolute Gasteiger partial charge is 0.493 e. The van der Waals surface area contributed by atoms with Gasteiger partial charge in [0.2, 0.25) is 11.6 Å². The molecule has 0 spiro atoms. The number of benzene rings is 1. The minimum atomic E-state index is -0.393. The van der Waals surface area contributed by atoms with E-state index in [-0.39, 0.29) is 19.1 Å². The van der Waals surface area contributed by atoms with E-state index in [1.54, 1.807) is 25.3 Å². The molecule has 0 bridgehead atoms. The van der Waals surface area contributed by atoms with Crippen LogP contribution in [0, 0.1) is 0 Å². The standard InChI is InChI=1S/C34H53N2O5/c1-5-7-8-9-10-11-12-13-14-15-16-19-25-40-32-22-21-31(26-33(32)39-4)41-28-34(38)36(29(3)37)27-30-20-17-18-24-35(30)23-6-2/h17-18,20-22,24,26H,5-16,19,23,25,27-28H2,1-4H3/q+1. The molecule has 2 rings (SSSR count). The van der Waals surface area contributed by atoms with Gasteiger partial charge in [-0.15, -0.1) is 0 Å². The van der Waals surface area contributed by atoms with Crippen molar-refractivity contribution in [1.82, 2.24) is 4.90 Å². The molecule has 0 aliphatic rings. The Bertz CT molecular complexity index is 1030. The molecule has 1 aromatic carbocycles. The van der Waals surface area contributed by atoms with Crippen molar-refractivity contribution >= 4 is 11.8 Å². The van der Waals surface area contributed by atoms with Crippen LogP contribution in [0.4, 0.5) is 0 Å². The predicted molar refractivity (Wildman–Crippen MR) is 163 cm³/mol. The van der Waals surface area contributed by atoms with Gasteiger partial charge in [0, 0.05) is 31.5 Å². The summed E-state index contributed by atoms with van der Waals surface area (Å²) in [4.78, 5) is 26.4. The fourth-order valence-electron chi connectivity index (χ4n) is 4.86. The van der Waals surface area contributed by atoms with Gasteiger partial charge in [0.1, 0.15) is 18.8 Å².